The van der Waals surface area contributed by atoms with Gasteiger partial charge in [0.15, 0.2) is 0 Å². The molecule has 2 radical (unpaired) electrons. The Labute approximate surface area is 75.6 Å². The third-order valence-corrected chi connectivity index (χ3v) is 0. The van der Waals surface area contributed by atoms with Crippen LogP contribution in [0.25, 0.3) is 0 Å². The second-order valence-corrected chi connectivity index (χ2v) is 0.519. The SMILES string of the molecule is CC(=O)O.[BiH3].[PbH2]. The summed E-state index contributed by atoms with van der Waals surface area (Å²) in [6.45, 7) is 1.08. The van der Waals surface area contributed by atoms with Crippen LogP contribution in [0, 0.1) is 0 Å². The van der Waals surface area contributed by atoms with Gasteiger partial charge in [0.1, 0.15) is 0 Å². The van der Waals surface area contributed by atoms with Crippen molar-refractivity contribution < 1.29 is 9.90 Å². The monoisotopic (exact) mass is 482 g/mol. The number of hydrogen-bond donors (Lipinski definition) is 1. The van der Waals surface area contributed by atoms with Gasteiger partial charge >= 0.3 is 53.5 Å². The third kappa shape index (κ3) is 59.3. The molecule has 0 bridgehead atoms. The van der Waals surface area contributed by atoms with Crippen molar-refractivity contribution >= 4 is 59.5 Å². The number of aliphatic carboxylic acids is 1. The quantitative estimate of drug-likeness (QED) is 0.407. The van der Waals surface area contributed by atoms with Crippen LogP contribution < -0.4 is 0 Å². The van der Waals surface area contributed by atoms with Crippen LogP contribution in [0.3, 0.4) is 0 Å². The van der Waals surface area contributed by atoms with Crippen molar-refractivity contribution in [2.24, 2.45) is 0 Å². The van der Waals surface area contributed by atoms with Gasteiger partial charge in [0.25, 0.3) is 5.97 Å². The first-order valence-corrected chi connectivity index (χ1v) is 0.928. The van der Waals surface area contributed by atoms with Gasteiger partial charge in [0, 0.05) is 6.92 Å². The van der Waals surface area contributed by atoms with Crippen LogP contribution >= 0.6 is 0 Å². The second kappa shape index (κ2) is 9.55. The summed E-state index contributed by atoms with van der Waals surface area (Å²) in [6, 6.07) is 0. The molecule has 0 aromatic rings. The van der Waals surface area contributed by atoms with E-state index in [1.54, 1.807) is 0 Å². The molecule has 1 N–H and O–H groups in total. The zero-order chi connectivity index (χ0) is 3.58. The summed E-state index contributed by atoms with van der Waals surface area (Å²) < 4.78 is 0. The van der Waals surface area contributed by atoms with Crippen LogP contribution in [0.1, 0.15) is 6.92 Å². The van der Waals surface area contributed by atoms with E-state index in [9.17, 15) is 0 Å². The van der Waals surface area contributed by atoms with E-state index in [0.717, 1.165) is 6.92 Å². The van der Waals surface area contributed by atoms with Crippen LogP contribution in [-0.4, -0.2) is 64.6 Å². The zero-order valence-electron chi connectivity index (χ0n) is 3.77. The van der Waals surface area contributed by atoms with Gasteiger partial charge in [-0.3, -0.25) is 4.79 Å². The van der Waals surface area contributed by atoms with Crippen molar-refractivity contribution in [2.75, 3.05) is 0 Å². The average Bonchev–Trinajstić information content (AvgIpc) is 0.811. The normalized spacial score (nSPS) is 4.17. The molecular formula is C2H9BiO2Pb. The van der Waals surface area contributed by atoms with Crippen LogP contribution in [0.4, 0.5) is 0 Å². The molecule has 0 atom stereocenters. The number of hydrogen-bond acceptors (Lipinski definition) is 1. The van der Waals surface area contributed by atoms with Crippen molar-refractivity contribution in [1.29, 1.82) is 0 Å². The maximum atomic E-state index is 9.00. The minimum atomic E-state index is -0.833. The molecule has 38 valence electrons. The Bertz CT molecular complexity index is 34.5. The Kier molecular flexibility index (Phi) is 25.0. The third-order valence-electron chi connectivity index (χ3n) is 0. The van der Waals surface area contributed by atoms with Gasteiger partial charge in [-0.05, 0) is 0 Å². The van der Waals surface area contributed by atoms with E-state index in [4.69, 9.17) is 9.90 Å². The van der Waals surface area contributed by atoms with Crippen LogP contribution in [0.15, 0.2) is 0 Å². The van der Waals surface area contributed by atoms with Crippen molar-refractivity contribution in [2.45, 2.75) is 6.92 Å². The van der Waals surface area contributed by atoms with Crippen LogP contribution in [0.2, 0.25) is 0 Å². The molecule has 4 heteroatoms. The molecule has 0 saturated carbocycles. The molecule has 0 aromatic carbocycles. The Morgan fingerprint density at radius 3 is 1.67 bits per heavy atom. The second-order valence-electron chi connectivity index (χ2n) is 0.519. The van der Waals surface area contributed by atoms with E-state index in [1.165, 1.54) is 0 Å². The zero-order valence-corrected chi connectivity index (χ0v) is 14.8. The van der Waals surface area contributed by atoms with Gasteiger partial charge < -0.3 is 5.11 Å². The first-order chi connectivity index (χ1) is 1.73. The molecule has 2 nitrogen and oxygen atoms in total. The minimum absolute atomic E-state index is 0. The predicted molar refractivity (Wildman–Crippen MR) is 31.8 cm³/mol. The van der Waals surface area contributed by atoms with Gasteiger partial charge in [-0.25, -0.2) is 0 Å². The Morgan fingerprint density at radius 2 is 1.67 bits per heavy atom. The number of carboxylic acids is 1. The van der Waals surface area contributed by atoms with Crippen molar-refractivity contribution in [3.05, 3.63) is 0 Å². The Hall–Kier alpha value is 1.28. The number of carbonyl (C=O) groups is 1. The fourth-order valence-corrected chi connectivity index (χ4v) is 0. The molecule has 0 aliphatic heterocycles. The van der Waals surface area contributed by atoms with E-state index in [-0.39, 0.29) is 53.5 Å². The molecule has 0 aromatic heterocycles. The summed E-state index contributed by atoms with van der Waals surface area (Å²) in [7, 11) is 0. The number of rotatable bonds is 0. The van der Waals surface area contributed by atoms with Crippen molar-refractivity contribution in [3.8, 4) is 0 Å². The first-order valence-electron chi connectivity index (χ1n) is 0.928. The van der Waals surface area contributed by atoms with Gasteiger partial charge in [-0.15, -0.1) is 0 Å². The van der Waals surface area contributed by atoms with Crippen molar-refractivity contribution in [1.82, 2.24) is 0 Å². The fraction of sp³-hybridized carbons (Fsp3) is 0.500. The first kappa shape index (κ1) is 15.7. The average molecular weight is 481 g/mol. The van der Waals surface area contributed by atoms with Gasteiger partial charge in [0.2, 0.25) is 0 Å². The summed E-state index contributed by atoms with van der Waals surface area (Å²) in [4.78, 5) is 9.00. The van der Waals surface area contributed by atoms with E-state index < -0.39 is 5.97 Å². The van der Waals surface area contributed by atoms with E-state index in [2.05, 4.69) is 0 Å². The summed E-state index contributed by atoms with van der Waals surface area (Å²) in [6.07, 6.45) is 0. The van der Waals surface area contributed by atoms with E-state index in [0.29, 0.717) is 0 Å². The standard InChI is InChI=1S/C2H4O2.Bi.Pb.5H/c1-2(3)4;;;;;;;/h1H3,(H,3,4);;;;;;;. The molecular weight excluding hydrogens is 472 g/mol. The summed E-state index contributed by atoms with van der Waals surface area (Å²) >= 11 is 0. The Morgan fingerprint density at radius 1 is 1.67 bits per heavy atom. The molecule has 0 aliphatic carbocycles. The Balaban J connectivity index is -0.0000000450. The molecule has 0 amide bonds. The predicted octanol–water partition coefficient (Wildman–Crippen LogP) is -2.01. The molecule has 0 fully saturated rings. The van der Waals surface area contributed by atoms with Gasteiger partial charge in [-0.1, -0.05) is 0 Å². The van der Waals surface area contributed by atoms with E-state index in [1.807, 2.05) is 0 Å². The molecule has 0 unspecified atom stereocenters. The van der Waals surface area contributed by atoms with Gasteiger partial charge in [-0.2, -0.15) is 0 Å². The summed E-state index contributed by atoms with van der Waals surface area (Å²) in [5, 5.41) is 7.42. The molecule has 6 heavy (non-hydrogen) atoms. The summed E-state index contributed by atoms with van der Waals surface area (Å²) in [5.41, 5.74) is 0. The molecule has 0 aliphatic rings. The fourth-order valence-electron chi connectivity index (χ4n) is 0. The molecule has 0 spiro atoms. The van der Waals surface area contributed by atoms with Crippen molar-refractivity contribution in [3.63, 3.8) is 0 Å². The van der Waals surface area contributed by atoms with Crippen LogP contribution in [-0.2, 0) is 4.79 Å². The molecule has 0 heterocycles. The van der Waals surface area contributed by atoms with Crippen LogP contribution in [0.5, 0.6) is 0 Å². The topological polar surface area (TPSA) is 37.3 Å². The number of carboxylic acid groups (broad SMARTS) is 1. The summed E-state index contributed by atoms with van der Waals surface area (Å²) in [5.74, 6) is -0.833. The van der Waals surface area contributed by atoms with Gasteiger partial charge in [0.05, 0.1) is 0 Å². The van der Waals surface area contributed by atoms with E-state index >= 15 is 0 Å². The maximum absolute atomic E-state index is 9.00. The molecule has 0 rings (SSSR count). The molecule has 0 saturated heterocycles.